The Morgan fingerprint density at radius 1 is 1.06 bits per heavy atom. The molecule has 0 aliphatic heterocycles. The largest absolute Gasteiger partial charge is 0.496 e. The molecule has 0 saturated heterocycles. The van der Waals surface area contributed by atoms with Crippen LogP contribution >= 0.6 is 0 Å². The summed E-state index contributed by atoms with van der Waals surface area (Å²) in [6, 6.07) is 15.5. The van der Waals surface area contributed by atoms with Gasteiger partial charge in [0.05, 0.1) is 7.11 Å². The fourth-order valence-electron chi connectivity index (χ4n) is 6.50. The maximum atomic E-state index is 5.77. The molecule has 1 aromatic heterocycles. The number of oxazole rings is 1. The highest BCUT2D eigenvalue weighted by atomic mass is 16.5. The number of methoxy groups -OCH3 is 1. The molecule has 1 N–H and O–H groups in total. The number of nitrogens with zero attached hydrogens (tertiary/aromatic N) is 1. The summed E-state index contributed by atoms with van der Waals surface area (Å²) in [5.41, 5.74) is 6.82. The molecular formula is C30H36N2O2. The zero-order valence-electron chi connectivity index (χ0n) is 20.7. The summed E-state index contributed by atoms with van der Waals surface area (Å²) >= 11 is 0. The monoisotopic (exact) mass is 456 g/mol. The summed E-state index contributed by atoms with van der Waals surface area (Å²) in [7, 11) is 1.76. The molecule has 0 radical (unpaired) electrons. The van der Waals surface area contributed by atoms with E-state index in [1.54, 1.807) is 7.11 Å². The number of aromatic nitrogens is 1. The van der Waals surface area contributed by atoms with E-state index < -0.39 is 0 Å². The zero-order chi connectivity index (χ0) is 23.3. The minimum atomic E-state index is 0.364. The molecule has 0 amide bonds. The van der Waals surface area contributed by atoms with Crippen LogP contribution in [0.2, 0.25) is 0 Å². The van der Waals surface area contributed by atoms with Gasteiger partial charge in [-0.3, -0.25) is 0 Å². The van der Waals surface area contributed by atoms with Gasteiger partial charge >= 0.3 is 0 Å². The molecule has 34 heavy (non-hydrogen) atoms. The highest BCUT2D eigenvalue weighted by molar-refractivity contribution is 5.64. The molecule has 2 unspecified atom stereocenters. The van der Waals surface area contributed by atoms with E-state index in [1.807, 2.05) is 6.26 Å². The van der Waals surface area contributed by atoms with E-state index in [-0.39, 0.29) is 0 Å². The second-order valence-electron chi connectivity index (χ2n) is 11.3. The highest BCUT2D eigenvalue weighted by Gasteiger charge is 2.49. The van der Waals surface area contributed by atoms with E-state index in [0.29, 0.717) is 22.7 Å². The van der Waals surface area contributed by atoms with Crippen LogP contribution < -0.4 is 10.1 Å². The first-order valence-electron chi connectivity index (χ1n) is 12.9. The van der Waals surface area contributed by atoms with Gasteiger partial charge in [0.2, 0.25) is 0 Å². The second-order valence-corrected chi connectivity index (χ2v) is 11.3. The van der Waals surface area contributed by atoms with E-state index in [1.165, 1.54) is 61.8 Å². The Labute approximate surface area is 203 Å². The van der Waals surface area contributed by atoms with Crippen LogP contribution in [0, 0.1) is 18.3 Å². The molecule has 4 heteroatoms. The summed E-state index contributed by atoms with van der Waals surface area (Å²) in [4.78, 5) is 4.77. The number of anilines is 1. The van der Waals surface area contributed by atoms with Crippen molar-refractivity contribution in [1.82, 2.24) is 4.98 Å². The van der Waals surface area contributed by atoms with Gasteiger partial charge in [0, 0.05) is 23.7 Å². The maximum absolute atomic E-state index is 5.77. The molecule has 4 saturated carbocycles. The first-order chi connectivity index (χ1) is 16.5. The lowest BCUT2D eigenvalue weighted by Crippen LogP contribution is -2.47. The third kappa shape index (κ3) is 3.81. The van der Waals surface area contributed by atoms with Crippen LogP contribution in [0.5, 0.6) is 5.75 Å². The van der Waals surface area contributed by atoms with Crippen molar-refractivity contribution in [2.75, 3.05) is 19.0 Å². The number of rotatable bonds is 7. The van der Waals surface area contributed by atoms with Crippen LogP contribution in [0.15, 0.2) is 53.1 Å². The van der Waals surface area contributed by atoms with Crippen molar-refractivity contribution in [2.45, 2.75) is 70.1 Å². The smallest absolute Gasteiger partial charge is 0.197 e. The number of hydrogen-bond acceptors (Lipinski definition) is 4. The predicted molar refractivity (Wildman–Crippen MR) is 136 cm³/mol. The average molecular weight is 457 g/mol. The van der Waals surface area contributed by atoms with Gasteiger partial charge in [0.25, 0.3) is 0 Å². The molecule has 4 aliphatic carbocycles. The number of ether oxygens (including phenoxy) is 1. The minimum Gasteiger partial charge on any atom is -0.496 e. The fraction of sp³-hybridized carbons (Fsp3) is 0.500. The minimum absolute atomic E-state index is 0.364. The first-order valence-corrected chi connectivity index (χ1v) is 12.9. The molecule has 3 aromatic rings. The van der Waals surface area contributed by atoms with Gasteiger partial charge in [-0.25, -0.2) is 4.98 Å². The molecule has 178 valence electrons. The zero-order valence-corrected chi connectivity index (χ0v) is 20.7. The molecule has 2 bridgehead atoms. The first kappa shape index (κ1) is 21.8. The topological polar surface area (TPSA) is 47.3 Å². The molecule has 0 spiro atoms. The molecule has 4 fully saturated rings. The normalized spacial score (nSPS) is 29.7. The third-order valence-electron chi connectivity index (χ3n) is 9.18. The van der Waals surface area contributed by atoms with Crippen LogP contribution in [0.4, 0.5) is 5.69 Å². The number of nitrogens with one attached hydrogen (secondary N) is 1. The lowest BCUT2D eigenvalue weighted by atomic mass is 9.52. The van der Waals surface area contributed by atoms with Crippen molar-refractivity contribution in [3.8, 4) is 17.0 Å². The standard InChI is InChI=1S/C30H36N2O2/c1-20-16-25(20)28-32-26(18-34-28)22-5-4-6-24(17-22)31-19-29-9-12-30(13-10-29,14-11-29)23-7-8-27(33-3)21(2)15-23/h4-8,15,17-18,20,25,31H,9-14,16,19H2,1-3H3. The molecule has 7 rings (SSSR count). The number of benzene rings is 2. The second kappa shape index (κ2) is 8.18. The summed E-state index contributed by atoms with van der Waals surface area (Å²) in [6.45, 7) is 5.48. The van der Waals surface area contributed by atoms with Crippen molar-refractivity contribution < 1.29 is 9.15 Å². The van der Waals surface area contributed by atoms with E-state index in [9.17, 15) is 0 Å². The van der Waals surface area contributed by atoms with Crippen LogP contribution in [0.3, 0.4) is 0 Å². The summed E-state index contributed by atoms with van der Waals surface area (Å²) in [6.07, 6.45) is 10.8. The van der Waals surface area contributed by atoms with Gasteiger partial charge in [-0.15, -0.1) is 0 Å². The van der Waals surface area contributed by atoms with Crippen LogP contribution in [0.1, 0.15) is 74.8 Å². The highest BCUT2D eigenvalue weighted by Crippen LogP contribution is 2.58. The van der Waals surface area contributed by atoms with Gasteiger partial charge < -0.3 is 14.5 Å². The van der Waals surface area contributed by atoms with Gasteiger partial charge in [-0.2, -0.15) is 0 Å². The molecule has 1 heterocycles. The fourth-order valence-corrected chi connectivity index (χ4v) is 6.50. The predicted octanol–water partition coefficient (Wildman–Crippen LogP) is 7.49. The Morgan fingerprint density at radius 2 is 1.82 bits per heavy atom. The van der Waals surface area contributed by atoms with Crippen LogP contribution in [0.25, 0.3) is 11.3 Å². The van der Waals surface area contributed by atoms with Gasteiger partial charge in [-0.05, 0) is 97.9 Å². The Hall–Kier alpha value is -2.75. The number of fused-ring (bicyclic) bond motifs is 3. The lowest BCUT2D eigenvalue weighted by molar-refractivity contribution is 0.0505. The van der Waals surface area contributed by atoms with E-state index >= 15 is 0 Å². The molecule has 4 nitrogen and oxygen atoms in total. The summed E-state index contributed by atoms with van der Waals surface area (Å²) < 4.78 is 11.3. The summed E-state index contributed by atoms with van der Waals surface area (Å²) in [5, 5.41) is 3.79. The van der Waals surface area contributed by atoms with E-state index in [4.69, 9.17) is 14.1 Å². The van der Waals surface area contributed by atoms with Crippen molar-refractivity contribution in [3.05, 3.63) is 65.7 Å². The Balaban J connectivity index is 1.11. The Kier molecular flexibility index (Phi) is 5.24. The van der Waals surface area contributed by atoms with Crippen LogP contribution in [-0.4, -0.2) is 18.6 Å². The van der Waals surface area contributed by atoms with Gasteiger partial charge in [0.1, 0.15) is 17.7 Å². The maximum Gasteiger partial charge on any atom is 0.197 e. The molecular weight excluding hydrogens is 420 g/mol. The van der Waals surface area contributed by atoms with E-state index in [0.717, 1.165) is 29.4 Å². The van der Waals surface area contributed by atoms with Crippen LogP contribution in [-0.2, 0) is 5.41 Å². The SMILES string of the molecule is COc1ccc(C23CCC(CNc4cccc(-c5coc(C6CC6C)n5)c4)(CC2)CC3)cc1C. The Morgan fingerprint density at radius 3 is 2.50 bits per heavy atom. The van der Waals surface area contributed by atoms with E-state index in [2.05, 4.69) is 61.6 Å². The molecule has 2 atom stereocenters. The third-order valence-corrected chi connectivity index (χ3v) is 9.18. The average Bonchev–Trinajstić information content (AvgIpc) is 3.40. The summed E-state index contributed by atoms with van der Waals surface area (Å²) in [5.74, 6) is 3.12. The van der Waals surface area contributed by atoms with Crippen molar-refractivity contribution >= 4 is 5.69 Å². The quantitative estimate of drug-likeness (QED) is 0.400. The van der Waals surface area contributed by atoms with Gasteiger partial charge in [-0.1, -0.05) is 31.2 Å². The van der Waals surface area contributed by atoms with Gasteiger partial charge in [0.15, 0.2) is 5.89 Å². The van der Waals surface area contributed by atoms with Crippen molar-refractivity contribution in [3.63, 3.8) is 0 Å². The Bertz CT molecular complexity index is 1170. The number of aryl methyl sites for hydroxylation is 1. The molecule has 4 aliphatic rings. The lowest BCUT2D eigenvalue weighted by Gasteiger charge is -2.54. The number of hydrogen-bond donors (Lipinski definition) is 1. The van der Waals surface area contributed by atoms with Crippen molar-refractivity contribution in [1.29, 1.82) is 0 Å². The van der Waals surface area contributed by atoms with Crippen molar-refractivity contribution in [2.24, 2.45) is 11.3 Å². The molecule has 2 aromatic carbocycles.